The maximum Gasteiger partial charge on any atom is 0.490 e. The number of amidine groups is 1. The number of carboxylic acids is 2. The number of nitrogen functional groups attached to an aromatic ring is 1. The Bertz CT molecular complexity index is 1860. The average molecular weight is 679 g/mol. The van der Waals surface area contributed by atoms with Gasteiger partial charge in [0.15, 0.2) is 0 Å². The topological polar surface area (TPSA) is 209 Å². The van der Waals surface area contributed by atoms with Gasteiger partial charge in [-0.1, -0.05) is 54.6 Å². The molecule has 0 bridgehead atoms. The molecule has 0 aliphatic heterocycles. The summed E-state index contributed by atoms with van der Waals surface area (Å²) in [4.78, 5) is 60.3. The van der Waals surface area contributed by atoms with Crippen LogP contribution in [0.15, 0.2) is 97.1 Å². The number of carbonyl (C=O) groups is 5. The Kier molecular flexibility index (Phi) is 12.3. The first kappa shape index (κ1) is 37.0. The highest BCUT2D eigenvalue weighted by atomic mass is 19.4. The number of hydrogen-bond donors (Lipinski definition) is 6. The first-order chi connectivity index (χ1) is 23.1. The SMILES string of the molecule is COC(=O)C(Cc1ccccc1)NC(=O)c1ccc(-c2ccccc2C(=O)O)c(C(=O)Nc2ccc(C(=N)N)cc2)c1.O=C(O)C(F)(F)F. The zero-order valence-electron chi connectivity index (χ0n) is 25.6. The summed E-state index contributed by atoms with van der Waals surface area (Å²) in [5.74, 6) is -5.93. The van der Waals surface area contributed by atoms with E-state index in [4.69, 9.17) is 25.8 Å². The van der Waals surface area contributed by atoms with E-state index >= 15 is 0 Å². The van der Waals surface area contributed by atoms with Gasteiger partial charge in [-0.2, -0.15) is 13.2 Å². The van der Waals surface area contributed by atoms with E-state index in [1.54, 1.807) is 42.5 Å². The first-order valence-electron chi connectivity index (χ1n) is 14.1. The summed E-state index contributed by atoms with van der Waals surface area (Å²) >= 11 is 0. The number of carbonyl (C=O) groups excluding carboxylic acids is 3. The van der Waals surface area contributed by atoms with Crippen LogP contribution in [0.2, 0.25) is 0 Å². The maximum absolute atomic E-state index is 13.6. The van der Waals surface area contributed by atoms with Crippen LogP contribution in [0, 0.1) is 5.41 Å². The van der Waals surface area contributed by atoms with E-state index in [9.17, 15) is 37.5 Å². The van der Waals surface area contributed by atoms with Gasteiger partial charge in [0.2, 0.25) is 0 Å². The van der Waals surface area contributed by atoms with Crippen molar-refractivity contribution in [2.45, 2.75) is 18.6 Å². The molecule has 0 aromatic heterocycles. The van der Waals surface area contributed by atoms with Crippen molar-refractivity contribution in [2.75, 3.05) is 12.4 Å². The summed E-state index contributed by atoms with van der Waals surface area (Å²) in [7, 11) is 1.23. The third kappa shape index (κ3) is 10.2. The van der Waals surface area contributed by atoms with Gasteiger partial charge in [0, 0.05) is 28.8 Å². The summed E-state index contributed by atoms with van der Waals surface area (Å²) in [6.07, 6.45) is -4.90. The molecule has 0 saturated carbocycles. The summed E-state index contributed by atoms with van der Waals surface area (Å²) < 4.78 is 36.6. The monoisotopic (exact) mass is 678 g/mol. The predicted octanol–water partition coefficient (Wildman–Crippen LogP) is 4.74. The number of halogens is 3. The molecule has 0 aliphatic rings. The minimum atomic E-state index is -5.08. The molecule has 49 heavy (non-hydrogen) atoms. The molecule has 4 aromatic carbocycles. The van der Waals surface area contributed by atoms with Crippen LogP contribution in [-0.4, -0.2) is 65.1 Å². The lowest BCUT2D eigenvalue weighted by Gasteiger charge is -2.18. The number of aliphatic carboxylic acids is 1. The van der Waals surface area contributed by atoms with Gasteiger partial charge in [-0.05, 0) is 59.2 Å². The molecule has 0 radical (unpaired) electrons. The number of nitrogens with one attached hydrogen (secondary N) is 3. The molecular formula is C34H29F3N4O8. The molecule has 7 N–H and O–H groups in total. The number of carboxylic acid groups (broad SMARTS) is 2. The summed E-state index contributed by atoms with van der Waals surface area (Å²) in [5, 5.41) is 29.9. The molecule has 254 valence electrons. The van der Waals surface area contributed by atoms with Crippen molar-refractivity contribution in [3.05, 3.63) is 125 Å². The lowest BCUT2D eigenvalue weighted by Crippen LogP contribution is -2.43. The van der Waals surface area contributed by atoms with E-state index in [1.165, 1.54) is 31.4 Å². The summed E-state index contributed by atoms with van der Waals surface area (Å²) in [5.41, 5.74) is 7.84. The van der Waals surface area contributed by atoms with Crippen LogP contribution in [0.25, 0.3) is 11.1 Å². The van der Waals surface area contributed by atoms with Crippen LogP contribution in [0.1, 0.15) is 42.2 Å². The number of esters is 1. The fourth-order valence-electron chi connectivity index (χ4n) is 4.37. The number of rotatable bonds is 10. The Morgan fingerprint density at radius 2 is 1.35 bits per heavy atom. The molecule has 0 fully saturated rings. The highest BCUT2D eigenvalue weighted by molar-refractivity contribution is 6.12. The molecule has 1 atom stereocenters. The smallest absolute Gasteiger partial charge is 0.478 e. The van der Waals surface area contributed by atoms with E-state index < -0.39 is 41.9 Å². The van der Waals surface area contributed by atoms with Gasteiger partial charge in [0.05, 0.1) is 12.7 Å². The van der Waals surface area contributed by atoms with Crippen molar-refractivity contribution in [3.8, 4) is 11.1 Å². The first-order valence-corrected chi connectivity index (χ1v) is 14.1. The fraction of sp³-hybridized carbons (Fsp3) is 0.118. The minimum Gasteiger partial charge on any atom is -0.478 e. The lowest BCUT2D eigenvalue weighted by molar-refractivity contribution is -0.192. The molecule has 0 spiro atoms. The van der Waals surface area contributed by atoms with E-state index in [2.05, 4.69) is 10.6 Å². The standard InChI is InChI=1S/C32H28N4O6.C2HF3O2/c1-42-32(41)27(17-19-7-3-2-4-8-19)36-29(37)21-13-16-24(23-9-5-6-10-25(23)31(39)40)26(18-21)30(38)35-22-14-11-20(12-15-22)28(33)34;3-2(4,5)1(6)7/h2-16,18,27H,17H2,1H3,(H3,33,34)(H,35,38)(H,36,37)(H,39,40);(H,6,7). The predicted molar refractivity (Wildman–Crippen MR) is 171 cm³/mol. The normalized spacial score (nSPS) is 11.2. The Balaban J connectivity index is 0.000000838. The number of nitrogens with two attached hydrogens (primary N) is 1. The average Bonchev–Trinajstić information content (AvgIpc) is 3.07. The third-order valence-electron chi connectivity index (χ3n) is 6.74. The van der Waals surface area contributed by atoms with E-state index in [0.29, 0.717) is 11.3 Å². The molecule has 4 aromatic rings. The van der Waals surface area contributed by atoms with Gasteiger partial charge in [0.1, 0.15) is 11.9 Å². The van der Waals surface area contributed by atoms with Crippen molar-refractivity contribution in [2.24, 2.45) is 5.73 Å². The molecule has 4 rings (SSSR count). The van der Waals surface area contributed by atoms with Gasteiger partial charge in [-0.25, -0.2) is 14.4 Å². The number of benzene rings is 4. The van der Waals surface area contributed by atoms with Crippen molar-refractivity contribution >= 4 is 41.2 Å². The minimum absolute atomic E-state index is 0.0248. The quantitative estimate of drug-likeness (QED) is 0.0777. The zero-order valence-corrected chi connectivity index (χ0v) is 25.6. The van der Waals surface area contributed by atoms with Gasteiger partial charge in [-0.15, -0.1) is 0 Å². The number of hydrogen-bond acceptors (Lipinski definition) is 7. The molecular weight excluding hydrogens is 649 g/mol. The molecule has 15 heteroatoms. The molecule has 0 heterocycles. The van der Waals surface area contributed by atoms with Crippen molar-refractivity contribution < 1.29 is 52.1 Å². The van der Waals surface area contributed by atoms with Gasteiger partial charge in [-0.3, -0.25) is 15.0 Å². The Morgan fingerprint density at radius 1 is 0.796 bits per heavy atom. The van der Waals surface area contributed by atoms with E-state index in [1.807, 2.05) is 30.3 Å². The number of ether oxygens (including phenoxy) is 1. The van der Waals surface area contributed by atoms with Gasteiger partial charge < -0.3 is 31.3 Å². The number of anilines is 1. The van der Waals surface area contributed by atoms with Crippen LogP contribution in [0.4, 0.5) is 18.9 Å². The van der Waals surface area contributed by atoms with Crippen LogP contribution < -0.4 is 16.4 Å². The zero-order chi connectivity index (χ0) is 36.3. The van der Waals surface area contributed by atoms with Crippen molar-refractivity contribution in [1.29, 1.82) is 5.41 Å². The van der Waals surface area contributed by atoms with E-state index in [0.717, 1.165) is 5.56 Å². The van der Waals surface area contributed by atoms with Crippen molar-refractivity contribution in [3.63, 3.8) is 0 Å². The number of methoxy groups -OCH3 is 1. The highest BCUT2D eigenvalue weighted by Crippen LogP contribution is 2.29. The number of alkyl halides is 3. The number of amides is 2. The third-order valence-corrected chi connectivity index (χ3v) is 6.74. The van der Waals surface area contributed by atoms with Crippen LogP contribution >= 0.6 is 0 Å². The maximum atomic E-state index is 13.6. The fourth-order valence-corrected chi connectivity index (χ4v) is 4.37. The van der Waals surface area contributed by atoms with Crippen LogP contribution in [0.5, 0.6) is 0 Å². The summed E-state index contributed by atoms with van der Waals surface area (Å²) in [6.45, 7) is 0. The van der Waals surface area contributed by atoms with Gasteiger partial charge in [0.25, 0.3) is 11.8 Å². The van der Waals surface area contributed by atoms with Crippen LogP contribution in [-0.2, 0) is 20.7 Å². The Labute approximate surface area is 276 Å². The second-order valence-electron chi connectivity index (χ2n) is 10.1. The molecule has 2 amide bonds. The van der Waals surface area contributed by atoms with Crippen molar-refractivity contribution in [1.82, 2.24) is 5.32 Å². The second kappa shape index (κ2) is 16.4. The largest absolute Gasteiger partial charge is 0.490 e. The summed E-state index contributed by atoms with van der Waals surface area (Å²) in [6, 6.07) is 24.9. The molecule has 0 saturated heterocycles. The van der Waals surface area contributed by atoms with Gasteiger partial charge >= 0.3 is 24.1 Å². The van der Waals surface area contributed by atoms with Crippen LogP contribution in [0.3, 0.4) is 0 Å². The number of aromatic carboxylic acids is 1. The molecule has 1 unspecified atom stereocenters. The highest BCUT2D eigenvalue weighted by Gasteiger charge is 2.38. The lowest BCUT2D eigenvalue weighted by atomic mass is 9.93. The second-order valence-corrected chi connectivity index (χ2v) is 10.1. The Hall–Kier alpha value is -6.51. The molecule has 12 nitrogen and oxygen atoms in total. The molecule has 0 aliphatic carbocycles. The van der Waals surface area contributed by atoms with E-state index in [-0.39, 0.29) is 40.1 Å². The Morgan fingerprint density at radius 3 is 1.90 bits per heavy atom.